The molecule has 0 spiro atoms. The number of para-hydroxylation sites is 1. The average Bonchev–Trinajstić information content (AvgIpc) is 3.25. The summed E-state index contributed by atoms with van der Waals surface area (Å²) >= 11 is 0. The van der Waals surface area contributed by atoms with Crippen molar-refractivity contribution in [2.24, 2.45) is 5.92 Å². The van der Waals surface area contributed by atoms with Gasteiger partial charge in [-0.1, -0.05) is 48.5 Å². The number of hydrogen-bond acceptors (Lipinski definition) is 4. The molecule has 0 radical (unpaired) electrons. The molecule has 2 aromatic carbocycles. The van der Waals surface area contributed by atoms with E-state index in [4.69, 9.17) is 4.74 Å². The molecule has 33 heavy (non-hydrogen) atoms. The number of carbonyl (C=O) groups excluding carboxylic acids is 3. The number of rotatable bonds is 7. The van der Waals surface area contributed by atoms with Crippen LogP contribution in [0.5, 0.6) is 5.75 Å². The lowest BCUT2D eigenvalue weighted by molar-refractivity contribution is -0.142. The standard InChI is InChI=1S/C26H31N3O4/c1-20(21-8-4-2-5-9-21)29-19-22(18-25(29)31)26(32)28-15-13-27(14-16-28)24(30)12-17-33-23-10-6-3-7-11-23/h2-11,20,22H,12-19H2,1H3. The first-order valence-corrected chi connectivity index (χ1v) is 11.6. The van der Waals surface area contributed by atoms with Crippen LogP contribution in [0.1, 0.15) is 31.4 Å². The van der Waals surface area contributed by atoms with Crippen LogP contribution in [0.4, 0.5) is 0 Å². The van der Waals surface area contributed by atoms with Crippen LogP contribution >= 0.6 is 0 Å². The molecule has 2 saturated heterocycles. The zero-order valence-electron chi connectivity index (χ0n) is 19.1. The number of benzene rings is 2. The highest BCUT2D eigenvalue weighted by molar-refractivity contribution is 5.89. The minimum atomic E-state index is -0.315. The number of nitrogens with zero attached hydrogens (tertiary/aromatic N) is 3. The first-order valence-electron chi connectivity index (χ1n) is 11.6. The Hall–Kier alpha value is -3.35. The van der Waals surface area contributed by atoms with Crippen molar-refractivity contribution in [3.63, 3.8) is 0 Å². The molecule has 2 unspecified atom stereocenters. The zero-order valence-corrected chi connectivity index (χ0v) is 19.1. The van der Waals surface area contributed by atoms with Crippen LogP contribution in [0.15, 0.2) is 60.7 Å². The summed E-state index contributed by atoms with van der Waals surface area (Å²) in [6.45, 7) is 4.82. The van der Waals surface area contributed by atoms with Gasteiger partial charge < -0.3 is 19.4 Å². The molecule has 0 saturated carbocycles. The third-order valence-corrected chi connectivity index (χ3v) is 6.53. The Bertz CT molecular complexity index is 958. The Morgan fingerprint density at radius 1 is 0.939 bits per heavy atom. The van der Waals surface area contributed by atoms with Crippen LogP contribution in [-0.2, 0) is 14.4 Å². The Balaban J connectivity index is 1.23. The minimum absolute atomic E-state index is 0.0191. The van der Waals surface area contributed by atoms with E-state index in [-0.39, 0.29) is 36.1 Å². The summed E-state index contributed by atoms with van der Waals surface area (Å²) in [6.07, 6.45) is 0.568. The topological polar surface area (TPSA) is 70.2 Å². The summed E-state index contributed by atoms with van der Waals surface area (Å²) in [5.74, 6) is 0.520. The van der Waals surface area contributed by atoms with Gasteiger partial charge in [-0.2, -0.15) is 0 Å². The molecule has 7 nitrogen and oxygen atoms in total. The number of piperazine rings is 1. The van der Waals surface area contributed by atoms with Gasteiger partial charge in [0, 0.05) is 39.1 Å². The summed E-state index contributed by atoms with van der Waals surface area (Å²) in [4.78, 5) is 43.6. The van der Waals surface area contributed by atoms with Crippen molar-refractivity contribution >= 4 is 17.7 Å². The van der Waals surface area contributed by atoms with Crippen molar-refractivity contribution in [2.75, 3.05) is 39.3 Å². The molecular formula is C26H31N3O4. The molecule has 3 amide bonds. The van der Waals surface area contributed by atoms with Crippen molar-refractivity contribution in [3.05, 3.63) is 66.2 Å². The van der Waals surface area contributed by atoms with Crippen LogP contribution in [-0.4, -0.2) is 71.8 Å². The molecule has 0 N–H and O–H groups in total. The summed E-state index contributed by atoms with van der Waals surface area (Å²) in [6, 6.07) is 19.3. The maximum atomic E-state index is 13.1. The second-order valence-corrected chi connectivity index (χ2v) is 8.65. The van der Waals surface area contributed by atoms with Gasteiger partial charge in [-0.3, -0.25) is 14.4 Å². The normalized spacial score (nSPS) is 19.5. The quantitative estimate of drug-likeness (QED) is 0.652. The van der Waals surface area contributed by atoms with Crippen LogP contribution in [0.3, 0.4) is 0 Å². The van der Waals surface area contributed by atoms with E-state index in [0.29, 0.717) is 45.8 Å². The van der Waals surface area contributed by atoms with Gasteiger partial charge in [0.25, 0.3) is 0 Å². The van der Waals surface area contributed by atoms with E-state index in [9.17, 15) is 14.4 Å². The lowest BCUT2D eigenvalue weighted by Gasteiger charge is -2.36. The molecule has 2 aliphatic rings. The number of hydrogen-bond donors (Lipinski definition) is 0. The Morgan fingerprint density at radius 3 is 2.21 bits per heavy atom. The molecule has 2 aromatic rings. The number of carbonyl (C=O) groups is 3. The lowest BCUT2D eigenvalue weighted by Crippen LogP contribution is -2.52. The van der Waals surface area contributed by atoms with E-state index in [1.165, 1.54) is 0 Å². The van der Waals surface area contributed by atoms with Crippen LogP contribution < -0.4 is 4.74 Å². The molecular weight excluding hydrogens is 418 g/mol. The second kappa shape index (κ2) is 10.5. The van der Waals surface area contributed by atoms with Gasteiger partial charge in [0.15, 0.2) is 0 Å². The highest BCUT2D eigenvalue weighted by Crippen LogP contribution is 2.29. The van der Waals surface area contributed by atoms with E-state index in [0.717, 1.165) is 11.3 Å². The first kappa shape index (κ1) is 22.8. The van der Waals surface area contributed by atoms with Crippen molar-refractivity contribution in [3.8, 4) is 5.75 Å². The monoisotopic (exact) mass is 449 g/mol. The maximum Gasteiger partial charge on any atom is 0.228 e. The van der Waals surface area contributed by atoms with Gasteiger partial charge in [0.1, 0.15) is 5.75 Å². The molecule has 174 valence electrons. The van der Waals surface area contributed by atoms with Gasteiger partial charge in [-0.05, 0) is 24.6 Å². The number of amides is 3. The van der Waals surface area contributed by atoms with Crippen molar-refractivity contribution in [1.82, 2.24) is 14.7 Å². The highest BCUT2D eigenvalue weighted by atomic mass is 16.5. The zero-order chi connectivity index (χ0) is 23.2. The van der Waals surface area contributed by atoms with Gasteiger partial charge >= 0.3 is 0 Å². The number of ether oxygens (including phenoxy) is 1. The van der Waals surface area contributed by atoms with Gasteiger partial charge in [0.2, 0.25) is 17.7 Å². The van der Waals surface area contributed by atoms with E-state index < -0.39 is 0 Å². The molecule has 2 fully saturated rings. The highest BCUT2D eigenvalue weighted by Gasteiger charge is 2.39. The summed E-state index contributed by atoms with van der Waals surface area (Å²) in [5.41, 5.74) is 1.07. The fourth-order valence-electron chi connectivity index (χ4n) is 4.55. The Labute approximate surface area is 194 Å². The summed E-state index contributed by atoms with van der Waals surface area (Å²) in [5, 5.41) is 0. The SMILES string of the molecule is CC(c1ccccc1)N1CC(C(=O)N2CCN(C(=O)CCOc3ccccc3)CC2)CC1=O. The predicted molar refractivity (Wildman–Crippen MR) is 124 cm³/mol. The van der Waals surface area contributed by atoms with Gasteiger partial charge in [-0.25, -0.2) is 0 Å². The van der Waals surface area contributed by atoms with E-state index >= 15 is 0 Å². The molecule has 0 bridgehead atoms. The molecule has 0 aliphatic carbocycles. The molecule has 4 rings (SSSR count). The fourth-order valence-corrected chi connectivity index (χ4v) is 4.55. The third kappa shape index (κ3) is 5.53. The number of likely N-dealkylation sites (tertiary alicyclic amines) is 1. The van der Waals surface area contributed by atoms with Gasteiger partial charge in [0.05, 0.1) is 25.0 Å². The minimum Gasteiger partial charge on any atom is -0.493 e. The summed E-state index contributed by atoms with van der Waals surface area (Å²) in [7, 11) is 0. The van der Waals surface area contributed by atoms with E-state index in [2.05, 4.69) is 0 Å². The Kier molecular flexibility index (Phi) is 7.27. The molecule has 2 heterocycles. The first-order chi connectivity index (χ1) is 16.0. The summed E-state index contributed by atoms with van der Waals surface area (Å²) < 4.78 is 5.62. The fraction of sp³-hybridized carbons (Fsp3) is 0.423. The molecule has 2 aliphatic heterocycles. The van der Waals surface area contributed by atoms with Crippen molar-refractivity contribution in [1.29, 1.82) is 0 Å². The van der Waals surface area contributed by atoms with Crippen LogP contribution in [0.2, 0.25) is 0 Å². The van der Waals surface area contributed by atoms with Crippen molar-refractivity contribution in [2.45, 2.75) is 25.8 Å². The predicted octanol–water partition coefficient (Wildman–Crippen LogP) is 2.74. The Morgan fingerprint density at radius 2 is 1.55 bits per heavy atom. The molecule has 7 heteroatoms. The van der Waals surface area contributed by atoms with E-state index in [1.54, 1.807) is 9.80 Å². The molecule has 0 aromatic heterocycles. The smallest absolute Gasteiger partial charge is 0.228 e. The van der Waals surface area contributed by atoms with Crippen molar-refractivity contribution < 1.29 is 19.1 Å². The van der Waals surface area contributed by atoms with Crippen LogP contribution in [0, 0.1) is 5.92 Å². The van der Waals surface area contributed by atoms with Gasteiger partial charge in [-0.15, -0.1) is 0 Å². The maximum absolute atomic E-state index is 13.1. The van der Waals surface area contributed by atoms with Crippen LogP contribution in [0.25, 0.3) is 0 Å². The molecule has 2 atom stereocenters. The largest absolute Gasteiger partial charge is 0.493 e. The third-order valence-electron chi connectivity index (χ3n) is 6.53. The average molecular weight is 450 g/mol. The lowest BCUT2D eigenvalue weighted by atomic mass is 10.1. The second-order valence-electron chi connectivity index (χ2n) is 8.65. The van der Waals surface area contributed by atoms with E-state index in [1.807, 2.05) is 72.5 Å².